The van der Waals surface area contributed by atoms with Crippen molar-refractivity contribution in [1.29, 1.82) is 0 Å². The summed E-state index contributed by atoms with van der Waals surface area (Å²) in [6.45, 7) is 1.56. The molecule has 0 fully saturated rings. The van der Waals surface area contributed by atoms with Crippen LogP contribution in [-0.2, 0) is 0 Å². The second-order valence-corrected chi connectivity index (χ2v) is 3.98. The predicted octanol–water partition coefficient (Wildman–Crippen LogP) is 1.93. The topological polar surface area (TPSA) is 40.5 Å². The lowest BCUT2D eigenvalue weighted by atomic mass is 10.1. The molecule has 1 atom stereocenters. The molecule has 0 bridgehead atoms. The fourth-order valence-corrected chi connectivity index (χ4v) is 1.27. The maximum Gasteiger partial charge on any atom is 0.254 e. The van der Waals surface area contributed by atoms with Gasteiger partial charge in [0, 0.05) is 12.6 Å². The molecule has 0 saturated carbocycles. The normalized spacial score (nSPS) is 12.3. The third-order valence-electron chi connectivity index (χ3n) is 2.41. The number of nitrogens with zero attached hydrogens (tertiary/aromatic N) is 1. The molecule has 1 aromatic rings. The second kappa shape index (κ2) is 5.27. The van der Waals surface area contributed by atoms with Crippen molar-refractivity contribution in [2.45, 2.75) is 13.0 Å². The van der Waals surface area contributed by atoms with Crippen LogP contribution in [0.4, 0.5) is 4.39 Å². The van der Waals surface area contributed by atoms with Crippen LogP contribution >= 0.6 is 11.6 Å². The van der Waals surface area contributed by atoms with Gasteiger partial charge in [-0.2, -0.15) is 0 Å². The van der Waals surface area contributed by atoms with E-state index in [1.807, 2.05) is 0 Å². The number of carbonyl (C=O) groups excluding carboxylic acids is 1. The highest BCUT2D eigenvalue weighted by molar-refractivity contribution is 6.30. The fraction of sp³-hybridized carbons (Fsp3) is 0.364. The molecule has 1 aromatic carbocycles. The summed E-state index contributed by atoms with van der Waals surface area (Å²) in [5, 5.41) is 8.89. The highest BCUT2D eigenvalue weighted by atomic mass is 35.5. The van der Waals surface area contributed by atoms with Gasteiger partial charge >= 0.3 is 0 Å². The molecular weight excluding hydrogens is 233 g/mol. The quantitative estimate of drug-likeness (QED) is 0.884. The van der Waals surface area contributed by atoms with Gasteiger partial charge < -0.3 is 10.0 Å². The Bertz CT molecular complexity index is 398. The number of benzene rings is 1. The molecule has 0 aromatic heterocycles. The number of likely N-dealkylation sites (N-methyl/N-ethyl adjacent to an activating group) is 1. The van der Waals surface area contributed by atoms with E-state index in [1.54, 1.807) is 14.0 Å². The molecule has 88 valence electrons. The third kappa shape index (κ3) is 2.71. The molecule has 0 radical (unpaired) electrons. The molecule has 3 nitrogen and oxygen atoms in total. The van der Waals surface area contributed by atoms with E-state index in [-0.39, 0.29) is 29.1 Å². The standard InChI is InChI=1S/C11H13ClFNO2/c1-7(6-15)14(2)11(16)8-3-4-9(12)10(13)5-8/h3-5,7,15H,6H2,1-2H3. The van der Waals surface area contributed by atoms with Crippen molar-refractivity contribution in [3.63, 3.8) is 0 Å². The van der Waals surface area contributed by atoms with Crippen molar-refractivity contribution in [2.24, 2.45) is 0 Å². The van der Waals surface area contributed by atoms with Crippen molar-refractivity contribution in [3.8, 4) is 0 Å². The van der Waals surface area contributed by atoms with Gasteiger partial charge in [-0.3, -0.25) is 4.79 Å². The SMILES string of the molecule is CC(CO)N(C)C(=O)c1ccc(Cl)c(F)c1. The van der Waals surface area contributed by atoms with E-state index in [2.05, 4.69) is 0 Å². The summed E-state index contributed by atoms with van der Waals surface area (Å²) in [7, 11) is 1.55. The molecule has 1 N–H and O–H groups in total. The lowest BCUT2D eigenvalue weighted by Gasteiger charge is -2.23. The number of hydrogen-bond acceptors (Lipinski definition) is 2. The maximum atomic E-state index is 13.1. The molecular formula is C11H13ClFNO2. The summed E-state index contributed by atoms with van der Waals surface area (Å²) in [5.41, 5.74) is 0.213. The summed E-state index contributed by atoms with van der Waals surface area (Å²) in [6.07, 6.45) is 0. The highest BCUT2D eigenvalue weighted by Crippen LogP contribution is 2.17. The molecule has 0 heterocycles. The molecule has 1 amide bonds. The van der Waals surface area contributed by atoms with Crippen molar-refractivity contribution < 1.29 is 14.3 Å². The van der Waals surface area contributed by atoms with Gasteiger partial charge in [-0.1, -0.05) is 11.6 Å². The van der Waals surface area contributed by atoms with Gasteiger partial charge in [0.25, 0.3) is 5.91 Å². The largest absolute Gasteiger partial charge is 0.394 e. The minimum Gasteiger partial charge on any atom is -0.394 e. The van der Waals surface area contributed by atoms with Crippen molar-refractivity contribution >= 4 is 17.5 Å². The van der Waals surface area contributed by atoms with Gasteiger partial charge in [0.1, 0.15) is 5.82 Å². The Hall–Kier alpha value is -1.13. The van der Waals surface area contributed by atoms with Crippen LogP contribution in [0.15, 0.2) is 18.2 Å². The Morgan fingerprint density at radius 1 is 1.62 bits per heavy atom. The first-order valence-electron chi connectivity index (χ1n) is 4.80. The number of amides is 1. The van der Waals surface area contributed by atoms with Crippen LogP contribution in [0.25, 0.3) is 0 Å². The van der Waals surface area contributed by atoms with Crippen molar-refractivity contribution in [3.05, 3.63) is 34.6 Å². The Labute approximate surface area is 98.4 Å². The van der Waals surface area contributed by atoms with Crippen LogP contribution in [0, 0.1) is 5.82 Å². The van der Waals surface area contributed by atoms with Crippen molar-refractivity contribution in [2.75, 3.05) is 13.7 Å². The third-order valence-corrected chi connectivity index (χ3v) is 2.72. The molecule has 5 heteroatoms. The Morgan fingerprint density at radius 2 is 2.25 bits per heavy atom. The molecule has 0 aliphatic rings. The summed E-state index contributed by atoms with van der Waals surface area (Å²) in [5.74, 6) is -0.977. The lowest BCUT2D eigenvalue weighted by molar-refractivity contribution is 0.0681. The summed E-state index contributed by atoms with van der Waals surface area (Å²) in [6, 6.07) is 3.56. The zero-order chi connectivity index (χ0) is 12.3. The zero-order valence-electron chi connectivity index (χ0n) is 9.08. The maximum absolute atomic E-state index is 13.1. The average Bonchev–Trinajstić information content (AvgIpc) is 2.29. The van der Waals surface area contributed by atoms with E-state index in [0.29, 0.717) is 0 Å². The van der Waals surface area contributed by atoms with Crippen LogP contribution in [0.1, 0.15) is 17.3 Å². The molecule has 0 aliphatic heterocycles. The first-order chi connectivity index (χ1) is 7.47. The fourth-order valence-electron chi connectivity index (χ4n) is 1.16. The number of carbonyl (C=O) groups is 1. The van der Waals surface area contributed by atoms with Gasteiger partial charge in [-0.05, 0) is 25.1 Å². The van der Waals surface area contributed by atoms with E-state index in [4.69, 9.17) is 16.7 Å². The van der Waals surface area contributed by atoms with Gasteiger partial charge in [0.2, 0.25) is 0 Å². The molecule has 16 heavy (non-hydrogen) atoms. The number of aliphatic hydroxyl groups excluding tert-OH is 1. The molecule has 0 aliphatic carbocycles. The van der Waals surface area contributed by atoms with Gasteiger partial charge in [-0.25, -0.2) is 4.39 Å². The van der Waals surface area contributed by atoms with Crippen LogP contribution < -0.4 is 0 Å². The Kier molecular flexibility index (Phi) is 4.26. The van der Waals surface area contributed by atoms with E-state index in [1.165, 1.54) is 17.0 Å². The molecule has 0 spiro atoms. The summed E-state index contributed by atoms with van der Waals surface area (Å²) >= 11 is 5.51. The van der Waals surface area contributed by atoms with Crippen LogP contribution in [0.5, 0.6) is 0 Å². The first kappa shape index (κ1) is 12.9. The van der Waals surface area contributed by atoms with Crippen LogP contribution in [0.2, 0.25) is 5.02 Å². The zero-order valence-corrected chi connectivity index (χ0v) is 9.83. The second-order valence-electron chi connectivity index (χ2n) is 3.58. The minimum absolute atomic E-state index is 0.0191. The average molecular weight is 246 g/mol. The monoisotopic (exact) mass is 245 g/mol. The van der Waals surface area contributed by atoms with E-state index in [9.17, 15) is 9.18 Å². The predicted molar refractivity (Wildman–Crippen MR) is 60.1 cm³/mol. The van der Waals surface area contributed by atoms with E-state index >= 15 is 0 Å². The van der Waals surface area contributed by atoms with Crippen molar-refractivity contribution in [1.82, 2.24) is 4.90 Å². The smallest absolute Gasteiger partial charge is 0.254 e. The number of rotatable bonds is 3. The molecule has 1 rings (SSSR count). The van der Waals surface area contributed by atoms with Gasteiger partial charge in [-0.15, -0.1) is 0 Å². The van der Waals surface area contributed by atoms with Gasteiger partial charge in [0.15, 0.2) is 0 Å². The Morgan fingerprint density at radius 3 is 2.75 bits per heavy atom. The van der Waals surface area contributed by atoms with E-state index in [0.717, 1.165) is 6.07 Å². The minimum atomic E-state index is -0.627. The summed E-state index contributed by atoms with van der Waals surface area (Å²) in [4.78, 5) is 13.2. The van der Waals surface area contributed by atoms with E-state index < -0.39 is 5.82 Å². The Balaban J connectivity index is 2.92. The summed E-state index contributed by atoms with van der Waals surface area (Å²) < 4.78 is 13.1. The molecule has 0 saturated heterocycles. The number of hydrogen-bond donors (Lipinski definition) is 1. The number of aliphatic hydroxyl groups is 1. The van der Waals surface area contributed by atoms with Crippen LogP contribution in [-0.4, -0.2) is 35.6 Å². The van der Waals surface area contributed by atoms with Crippen LogP contribution in [0.3, 0.4) is 0 Å². The first-order valence-corrected chi connectivity index (χ1v) is 5.18. The van der Waals surface area contributed by atoms with Gasteiger partial charge in [0.05, 0.1) is 17.7 Å². The molecule has 1 unspecified atom stereocenters. The lowest BCUT2D eigenvalue weighted by Crippen LogP contribution is -2.37. The number of halogens is 2. The highest BCUT2D eigenvalue weighted by Gasteiger charge is 2.17.